The fourth-order valence-electron chi connectivity index (χ4n) is 1.99. The molecular weight excluding hydrogens is 202 g/mol. The summed E-state index contributed by atoms with van der Waals surface area (Å²) in [5.41, 5.74) is -0.0393. The standard InChI is InChI=1S/C13H27NO2/c1-10(11-5-7-16-8-6-11)14-9-12(15)13(2,3)4/h10-12,14-15H,5-9H2,1-4H3. The zero-order valence-electron chi connectivity index (χ0n) is 11.1. The van der Waals surface area contributed by atoms with E-state index in [0.29, 0.717) is 18.5 Å². The Balaban J connectivity index is 2.26. The monoisotopic (exact) mass is 229 g/mol. The van der Waals surface area contributed by atoms with Crippen LogP contribution in [0.1, 0.15) is 40.5 Å². The quantitative estimate of drug-likeness (QED) is 0.772. The fraction of sp³-hybridized carbons (Fsp3) is 1.00. The Morgan fingerprint density at radius 1 is 1.31 bits per heavy atom. The van der Waals surface area contributed by atoms with Crippen molar-refractivity contribution in [3.8, 4) is 0 Å². The summed E-state index contributed by atoms with van der Waals surface area (Å²) in [6, 6.07) is 0.473. The minimum atomic E-state index is -0.283. The summed E-state index contributed by atoms with van der Waals surface area (Å²) in [6.07, 6.45) is 1.99. The second-order valence-electron chi connectivity index (χ2n) is 6.03. The third-order valence-electron chi connectivity index (χ3n) is 3.61. The van der Waals surface area contributed by atoms with Crippen molar-refractivity contribution in [3.05, 3.63) is 0 Å². The molecule has 16 heavy (non-hydrogen) atoms. The normalized spacial score (nSPS) is 23.1. The molecule has 3 heteroatoms. The van der Waals surface area contributed by atoms with Crippen LogP contribution in [0.4, 0.5) is 0 Å². The maximum atomic E-state index is 9.95. The Morgan fingerprint density at radius 3 is 2.38 bits per heavy atom. The van der Waals surface area contributed by atoms with E-state index in [4.69, 9.17) is 4.74 Å². The maximum absolute atomic E-state index is 9.95. The highest BCUT2D eigenvalue weighted by atomic mass is 16.5. The first-order chi connectivity index (χ1) is 7.41. The second kappa shape index (κ2) is 5.99. The third-order valence-corrected chi connectivity index (χ3v) is 3.61. The Bertz CT molecular complexity index is 195. The van der Waals surface area contributed by atoms with Gasteiger partial charge in [0.1, 0.15) is 0 Å². The molecule has 0 aromatic rings. The van der Waals surface area contributed by atoms with Crippen molar-refractivity contribution < 1.29 is 9.84 Å². The first-order valence-corrected chi connectivity index (χ1v) is 6.40. The molecule has 1 heterocycles. The molecule has 0 amide bonds. The van der Waals surface area contributed by atoms with Gasteiger partial charge in [0, 0.05) is 25.8 Å². The molecular formula is C13H27NO2. The van der Waals surface area contributed by atoms with Gasteiger partial charge >= 0.3 is 0 Å². The lowest BCUT2D eigenvalue weighted by Gasteiger charge is -2.32. The third kappa shape index (κ3) is 4.40. The average Bonchev–Trinajstić information content (AvgIpc) is 2.25. The molecule has 0 radical (unpaired) electrons. The molecule has 0 spiro atoms. The van der Waals surface area contributed by atoms with Crippen LogP contribution in [0.3, 0.4) is 0 Å². The topological polar surface area (TPSA) is 41.5 Å². The average molecular weight is 229 g/mol. The van der Waals surface area contributed by atoms with Gasteiger partial charge in [0.2, 0.25) is 0 Å². The molecule has 2 unspecified atom stereocenters. The van der Waals surface area contributed by atoms with Crippen LogP contribution in [0.15, 0.2) is 0 Å². The zero-order valence-corrected chi connectivity index (χ0v) is 11.1. The lowest BCUT2D eigenvalue weighted by molar-refractivity contribution is 0.0411. The number of aliphatic hydroxyl groups is 1. The largest absolute Gasteiger partial charge is 0.391 e. The van der Waals surface area contributed by atoms with Crippen LogP contribution in [0.2, 0.25) is 0 Å². The van der Waals surface area contributed by atoms with Gasteiger partial charge in [-0.3, -0.25) is 0 Å². The van der Waals surface area contributed by atoms with Gasteiger partial charge in [-0.25, -0.2) is 0 Å². The van der Waals surface area contributed by atoms with E-state index in [2.05, 4.69) is 33.0 Å². The highest BCUT2D eigenvalue weighted by Crippen LogP contribution is 2.21. The molecule has 0 aromatic heterocycles. The number of ether oxygens (including phenoxy) is 1. The SMILES string of the molecule is CC(NCC(O)C(C)(C)C)C1CCOCC1. The van der Waals surface area contributed by atoms with E-state index in [-0.39, 0.29) is 11.5 Å². The number of rotatable bonds is 4. The molecule has 1 aliphatic heterocycles. The fourth-order valence-corrected chi connectivity index (χ4v) is 1.99. The van der Waals surface area contributed by atoms with Gasteiger partial charge < -0.3 is 15.2 Å². The van der Waals surface area contributed by atoms with Crippen LogP contribution in [0, 0.1) is 11.3 Å². The summed E-state index contributed by atoms with van der Waals surface area (Å²) in [5.74, 6) is 0.695. The predicted octanol–water partition coefficient (Wildman–Crippen LogP) is 1.80. The number of aliphatic hydroxyl groups excluding tert-OH is 1. The first-order valence-electron chi connectivity index (χ1n) is 6.40. The molecule has 1 rings (SSSR count). The Hall–Kier alpha value is -0.120. The number of nitrogens with one attached hydrogen (secondary N) is 1. The Morgan fingerprint density at radius 2 is 1.88 bits per heavy atom. The van der Waals surface area contributed by atoms with Crippen LogP contribution in [0.25, 0.3) is 0 Å². The smallest absolute Gasteiger partial charge is 0.0712 e. The second-order valence-corrected chi connectivity index (χ2v) is 6.03. The van der Waals surface area contributed by atoms with E-state index in [1.54, 1.807) is 0 Å². The van der Waals surface area contributed by atoms with Crippen molar-refractivity contribution in [3.63, 3.8) is 0 Å². The van der Waals surface area contributed by atoms with Gasteiger partial charge in [0.15, 0.2) is 0 Å². The van der Waals surface area contributed by atoms with E-state index in [1.165, 1.54) is 0 Å². The van der Waals surface area contributed by atoms with E-state index in [1.807, 2.05) is 0 Å². The summed E-state index contributed by atoms with van der Waals surface area (Å²) in [4.78, 5) is 0. The molecule has 2 atom stereocenters. The summed E-state index contributed by atoms with van der Waals surface area (Å²) in [7, 11) is 0. The first kappa shape index (κ1) is 13.9. The van der Waals surface area contributed by atoms with E-state index >= 15 is 0 Å². The van der Waals surface area contributed by atoms with Crippen molar-refractivity contribution in [1.29, 1.82) is 0 Å². The highest BCUT2D eigenvalue weighted by Gasteiger charge is 2.24. The Kier molecular flexibility index (Phi) is 5.22. The van der Waals surface area contributed by atoms with Crippen LogP contribution in [-0.4, -0.2) is 37.0 Å². The molecule has 1 aliphatic rings. The van der Waals surface area contributed by atoms with Crippen LogP contribution >= 0.6 is 0 Å². The van der Waals surface area contributed by atoms with Crippen molar-refractivity contribution in [1.82, 2.24) is 5.32 Å². The summed E-state index contributed by atoms with van der Waals surface area (Å²) in [5, 5.41) is 13.4. The molecule has 2 N–H and O–H groups in total. The summed E-state index contributed by atoms with van der Waals surface area (Å²) >= 11 is 0. The van der Waals surface area contributed by atoms with Crippen molar-refractivity contribution in [2.45, 2.75) is 52.7 Å². The van der Waals surface area contributed by atoms with E-state index < -0.39 is 0 Å². The summed E-state index contributed by atoms with van der Waals surface area (Å²) < 4.78 is 5.35. The lowest BCUT2D eigenvalue weighted by atomic mass is 9.88. The molecule has 1 fully saturated rings. The summed E-state index contributed by atoms with van der Waals surface area (Å²) in [6.45, 7) is 10.9. The van der Waals surface area contributed by atoms with Gasteiger partial charge in [-0.05, 0) is 31.1 Å². The Labute approximate surface area is 99.6 Å². The molecule has 0 aliphatic carbocycles. The van der Waals surface area contributed by atoms with Gasteiger partial charge in [0.25, 0.3) is 0 Å². The zero-order chi connectivity index (χ0) is 12.2. The maximum Gasteiger partial charge on any atom is 0.0712 e. The molecule has 3 nitrogen and oxygen atoms in total. The van der Waals surface area contributed by atoms with Gasteiger partial charge in [-0.15, -0.1) is 0 Å². The molecule has 0 bridgehead atoms. The van der Waals surface area contributed by atoms with Gasteiger partial charge in [-0.2, -0.15) is 0 Å². The van der Waals surface area contributed by atoms with Crippen molar-refractivity contribution >= 4 is 0 Å². The van der Waals surface area contributed by atoms with E-state index in [0.717, 1.165) is 26.1 Å². The lowest BCUT2D eigenvalue weighted by Crippen LogP contribution is -2.43. The molecule has 96 valence electrons. The minimum absolute atomic E-state index is 0.0393. The van der Waals surface area contributed by atoms with Crippen molar-refractivity contribution in [2.75, 3.05) is 19.8 Å². The highest BCUT2D eigenvalue weighted by molar-refractivity contribution is 4.79. The van der Waals surface area contributed by atoms with Gasteiger partial charge in [0.05, 0.1) is 6.10 Å². The van der Waals surface area contributed by atoms with Crippen molar-refractivity contribution in [2.24, 2.45) is 11.3 Å². The number of hydrogen-bond donors (Lipinski definition) is 2. The molecule has 1 saturated heterocycles. The number of hydrogen-bond acceptors (Lipinski definition) is 3. The predicted molar refractivity (Wildman–Crippen MR) is 66.5 cm³/mol. The van der Waals surface area contributed by atoms with Crippen LogP contribution in [0.5, 0.6) is 0 Å². The molecule has 0 saturated carbocycles. The molecule has 0 aromatic carbocycles. The van der Waals surface area contributed by atoms with Gasteiger partial charge in [-0.1, -0.05) is 20.8 Å². The van der Waals surface area contributed by atoms with E-state index in [9.17, 15) is 5.11 Å². The van der Waals surface area contributed by atoms with Crippen LogP contribution in [-0.2, 0) is 4.74 Å². The minimum Gasteiger partial charge on any atom is -0.391 e. The van der Waals surface area contributed by atoms with Crippen LogP contribution < -0.4 is 5.32 Å².